The van der Waals surface area contributed by atoms with Gasteiger partial charge in [-0.15, -0.1) is 0 Å². The first-order valence-electron chi connectivity index (χ1n) is 7.49. The van der Waals surface area contributed by atoms with Gasteiger partial charge in [-0.25, -0.2) is 0 Å². The molecule has 2 heterocycles. The third-order valence-electron chi connectivity index (χ3n) is 4.19. The van der Waals surface area contributed by atoms with Crippen LogP contribution in [0, 0.1) is 0 Å². The smallest absolute Gasteiger partial charge is 0.254 e. The number of anilines is 2. The first-order chi connectivity index (χ1) is 11.2. The molecule has 0 fully saturated rings. The van der Waals surface area contributed by atoms with Crippen LogP contribution in [0.3, 0.4) is 0 Å². The van der Waals surface area contributed by atoms with Gasteiger partial charge in [0.25, 0.3) is 5.91 Å². The minimum Gasteiger partial charge on any atom is -0.359 e. The van der Waals surface area contributed by atoms with E-state index in [1.165, 1.54) is 10.8 Å². The Bertz CT molecular complexity index is 909. The SMILES string of the molecule is CN(C)C(=O)C1=c2ccc3c(c2NC=C1)NSC1C=CC=CC=31. The van der Waals surface area contributed by atoms with Crippen LogP contribution in [0.15, 0.2) is 48.7 Å². The molecule has 3 aliphatic rings. The largest absolute Gasteiger partial charge is 0.359 e. The van der Waals surface area contributed by atoms with Crippen molar-refractivity contribution in [3.05, 3.63) is 59.2 Å². The summed E-state index contributed by atoms with van der Waals surface area (Å²) in [6, 6.07) is 4.14. The third-order valence-corrected chi connectivity index (χ3v) is 5.18. The monoisotopic (exact) mass is 323 g/mol. The topological polar surface area (TPSA) is 44.4 Å². The van der Waals surface area contributed by atoms with E-state index < -0.39 is 0 Å². The molecule has 2 aliphatic heterocycles. The summed E-state index contributed by atoms with van der Waals surface area (Å²) in [6.45, 7) is 0. The summed E-state index contributed by atoms with van der Waals surface area (Å²) >= 11 is 1.68. The van der Waals surface area contributed by atoms with E-state index in [9.17, 15) is 4.79 Å². The number of nitrogens with zero attached hydrogens (tertiary/aromatic N) is 1. The van der Waals surface area contributed by atoms with Gasteiger partial charge in [0, 0.05) is 30.7 Å². The lowest BCUT2D eigenvalue weighted by atomic mass is 9.99. The summed E-state index contributed by atoms with van der Waals surface area (Å²) in [6.07, 6.45) is 12.2. The lowest BCUT2D eigenvalue weighted by Gasteiger charge is -2.26. The molecule has 23 heavy (non-hydrogen) atoms. The van der Waals surface area contributed by atoms with Crippen LogP contribution in [0.25, 0.3) is 11.1 Å². The Morgan fingerprint density at radius 3 is 2.78 bits per heavy atom. The van der Waals surface area contributed by atoms with Gasteiger partial charge < -0.3 is 14.9 Å². The van der Waals surface area contributed by atoms with Crippen molar-refractivity contribution in [3.8, 4) is 0 Å². The summed E-state index contributed by atoms with van der Waals surface area (Å²) in [4.78, 5) is 14.0. The zero-order valence-electron chi connectivity index (χ0n) is 13.0. The number of fused-ring (bicyclic) bond motifs is 4. The minimum atomic E-state index is 0.0124. The van der Waals surface area contributed by atoms with Crippen LogP contribution in [0.5, 0.6) is 0 Å². The predicted octanol–water partition coefficient (Wildman–Crippen LogP) is 1.58. The molecule has 1 aromatic rings. The fraction of sp³-hybridized carbons (Fsp3) is 0.167. The number of carbonyl (C=O) groups is 1. The maximum absolute atomic E-state index is 12.4. The molecule has 0 spiro atoms. The second kappa shape index (κ2) is 5.35. The minimum absolute atomic E-state index is 0.0124. The molecular formula is C18H17N3OS. The highest BCUT2D eigenvalue weighted by molar-refractivity contribution is 8.01. The molecule has 1 unspecified atom stereocenters. The summed E-state index contributed by atoms with van der Waals surface area (Å²) in [5, 5.41) is 5.76. The van der Waals surface area contributed by atoms with Gasteiger partial charge in [-0.1, -0.05) is 36.4 Å². The van der Waals surface area contributed by atoms with E-state index in [0.717, 1.165) is 16.6 Å². The predicted molar refractivity (Wildman–Crippen MR) is 97.2 cm³/mol. The maximum atomic E-state index is 12.4. The quantitative estimate of drug-likeness (QED) is 0.770. The van der Waals surface area contributed by atoms with E-state index in [2.05, 4.69) is 40.4 Å². The Kier molecular flexibility index (Phi) is 3.31. The first kappa shape index (κ1) is 14.2. The van der Waals surface area contributed by atoms with E-state index in [1.807, 2.05) is 18.3 Å². The fourth-order valence-electron chi connectivity index (χ4n) is 3.04. The number of benzene rings is 1. The third kappa shape index (κ3) is 2.19. The van der Waals surface area contributed by atoms with Gasteiger partial charge in [-0.3, -0.25) is 4.79 Å². The zero-order valence-corrected chi connectivity index (χ0v) is 13.8. The van der Waals surface area contributed by atoms with E-state index in [-0.39, 0.29) is 5.91 Å². The highest BCUT2D eigenvalue weighted by atomic mass is 32.2. The molecule has 0 aromatic heterocycles. The maximum Gasteiger partial charge on any atom is 0.254 e. The number of amides is 1. The molecule has 0 bridgehead atoms. The van der Waals surface area contributed by atoms with Crippen LogP contribution in [-0.4, -0.2) is 30.2 Å². The van der Waals surface area contributed by atoms with Crippen molar-refractivity contribution in [1.82, 2.24) is 4.90 Å². The molecule has 5 heteroatoms. The molecular weight excluding hydrogens is 306 g/mol. The number of carbonyl (C=O) groups excluding carboxylic acids is 1. The molecule has 2 N–H and O–H groups in total. The molecule has 116 valence electrons. The zero-order chi connectivity index (χ0) is 16.0. The van der Waals surface area contributed by atoms with Gasteiger partial charge in [-0.2, -0.15) is 0 Å². The average molecular weight is 323 g/mol. The molecule has 0 radical (unpaired) electrons. The summed E-state index contributed by atoms with van der Waals surface area (Å²) in [7, 11) is 3.55. The number of allylic oxidation sites excluding steroid dienone is 3. The van der Waals surface area contributed by atoms with E-state index in [4.69, 9.17) is 0 Å². The second-order valence-corrected chi connectivity index (χ2v) is 6.79. The molecule has 0 saturated carbocycles. The van der Waals surface area contributed by atoms with Crippen molar-refractivity contribution in [3.63, 3.8) is 0 Å². The molecule has 1 aliphatic carbocycles. The Hall–Kier alpha value is -2.40. The average Bonchev–Trinajstić information content (AvgIpc) is 2.59. The van der Waals surface area contributed by atoms with Gasteiger partial charge >= 0.3 is 0 Å². The summed E-state index contributed by atoms with van der Waals surface area (Å²) in [5.74, 6) is 0.0124. The van der Waals surface area contributed by atoms with Crippen LogP contribution in [-0.2, 0) is 4.79 Å². The van der Waals surface area contributed by atoms with Crippen LogP contribution < -0.4 is 20.5 Å². The summed E-state index contributed by atoms with van der Waals surface area (Å²) < 4.78 is 3.45. The number of hydrogen-bond donors (Lipinski definition) is 2. The van der Waals surface area contributed by atoms with E-state index in [0.29, 0.717) is 10.8 Å². The normalized spacial score (nSPS) is 20.2. The number of nitrogens with one attached hydrogen (secondary N) is 2. The van der Waals surface area contributed by atoms with Gasteiger partial charge in [0.1, 0.15) is 0 Å². The standard InChI is InChI=1S/C18H17N3OS/c1-21(2)18(22)14-9-10-19-16-13(14)8-7-12-11-5-3-4-6-15(11)23-20-17(12)16/h3-10,15,19-20H,1-2H3. The van der Waals surface area contributed by atoms with Crippen molar-refractivity contribution >= 4 is 40.4 Å². The van der Waals surface area contributed by atoms with Gasteiger partial charge in [0.15, 0.2) is 0 Å². The molecule has 4 nitrogen and oxygen atoms in total. The van der Waals surface area contributed by atoms with Crippen LogP contribution in [0.4, 0.5) is 11.4 Å². The number of hydrogen-bond acceptors (Lipinski definition) is 4. The Morgan fingerprint density at radius 2 is 1.96 bits per heavy atom. The lowest BCUT2D eigenvalue weighted by Crippen LogP contribution is -2.32. The van der Waals surface area contributed by atoms with Gasteiger partial charge in [-0.05, 0) is 23.6 Å². The molecule has 1 amide bonds. The van der Waals surface area contributed by atoms with Crippen molar-refractivity contribution in [2.75, 3.05) is 24.1 Å². The highest BCUT2D eigenvalue weighted by Gasteiger charge is 2.23. The summed E-state index contributed by atoms with van der Waals surface area (Å²) in [5.41, 5.74) is 4.03. The van der Waals surface area contributed by atoms with E-state index in [1.54, 1.807) is 30.9 Å². The first-order valence-corrected chi connectivity index (χ1v) is 8.37. The second-order valence-electron chi connectivity index (χ2n) is 5.84. The van der Waals surface area contributed by atoms with Crippen LogP contribution >= 0.6 is 11.9 Å². The van der Waals surface area contributed by atoms with E-state index >= 15 is 0 Å². The molecule has 4 rings (SSSR count). The van der Waals surface area contributed by atoms with Crippen LogP contribution in [0.2, 0.25) is 0 Å². The van der Waals surface area contributed by atoms with Gasteiger partial charge in [0.2, 0.25) is 0 Å². The number of rotatable bonds is 1. The Balaban J connectivity index is 2.01. The highest BCUT2D eigenvalue weighted by Crippen LogP contribution is 2.33. The van der Waals surface area contributed by atoms with Crippen molar-refractivity contribution < 1.29 is 4.79 Å². The van der Waals surface area contributed by atoms with Crippen molar-refractivity contribution in [2.45, 2.75) is 5.25 Å². The van der Waals surface area contributed by atoms with Crippen LogP contribution in [0.1, 0.15) is 0 Å². The van der Waals surface area contributed by atoms with Crippen molar-refractivity contribution in [2.24, 2.45) is 0 Å². The van der Waals surface area contributed by atoms with Crippen molar-refractivity contribution in [1.29, 1.82) is 0 Å². The fourth-order valence-corrected chi connectivity index (χ4v) is 4.00. The molecule has 1 atom stereocenters. The molecule has 0 saturated heterocycles. The molecule has 1 aromatic carbocycles. The lowest BCUT2D eigenvalue weighted by molar-refractivity contribution is -0.122. The Labute approximate surface area is 139 Å². The Morgan fingerprint density at radius 1 is 1.13 bits per heavy atom. The van der Waals surface area contributed by atoms with Gasteiger partial charge in [0.05, 0.1) is 22.2 Å².